The first-order valence-corrected chi connectivity index (χ1v) is 14.7. The van der Waals surface area contributed by atoms with Gasteiger partial charge < -0.3 is 10.6 Å². The number of nitrogens with one attached hydrogen (secondary N) is 2. The number of hydrogen-bond donors (Lipinski definition) is 3. The maximum Gasteiger partial charge on any atom is 0.0269 e. The summed E-state index contributed by atoms with van der Waals surface area (Å²) < 4.78 is 0. The van der Waals surface area contributed by atoms with Crippen molar-refractivity contribution in [1.29, 1.82) is 0 Å². The molecule has 3 heteroatoms. The standard InChI is InChI=1S/C32H58N2S/c1-25(2)26(3)17-15-16-19-28(5)34-30-21-31(7,8)23-32(9,22-30)24-33-27(4)18-13-11-10-12-14-20-29(6)35/h29-30,33-35H,1,3-5,10-24H2,2,6-9H3. The van der Waals surface area contributed by atoms with Gasteiger partial charge in [0.15, 0.2) is 0 Å². The van der Waals surface area contributed by atoms with Crippen LogP contribution in [0.4, 0.5) is 0 Å². The molecule has 202 valence electrons. The SMILES string of the molecule is C=C(CCCCCCCC(C)S)NCC1(C)CC(NC(=C)CCCCC(=C)C(=C)C)CC(C)(C)C1. The number of rotatable bonds is 19. The van der Waals surface area contributed by atoms with Crippen molar-refractivity contribution in [3.63, 3.8) is 0 Å². The highest BCUT2D eigenvalue weighted by Crippen LogP contribution is 2.46. The highest BCUT2D eigenvalue weighted by atomic mass is 32.1. The molecule has 1 fully saturated rings. The van der Waals surface area contributed by atoms with Crippen LogP contribution in [-0.4, -0.2) is 17.8 Å². The second-order valence-corrected chi connectivity index (χ2v) is 13.6. The molecule has 0 saturated heterocycles. The lowest BCUT2D eigenvalue weighted by Crippen LogP contribution is -2.48. The third kappa shape index (κ3) is 14.9. The molecule has 0 spiro atoms. The van der Waals surface area contributed by atoms with Crippen LogP contribution >= 0.6 is 12.6 Å². The molecule has 0 aliphatic heterocycles. The molecule has 0 aromatic rings. The molecule has 2 nitrogen and oxygen atoms in total. The summed E-state index contributed by atoms with van der Waals surface area (Å²) in [6.07, 6.45) is 16.9. The van der Waals surface area contributed by atoms with E-state index in [1.54, 1.807) is 0 Å². The fourth-order valence-corrected chi connectivity index (χ4v) is 6.04. The number of thiol groups is 1. The first-order valence-electron chi connectivity index (χ1n) is 14.2. The number of unbranched alkanes of at least 4 members (excludes halogenated alkanes) is 5. The van der Waals surface area contributed by atoms with Gasteiger partial charge in [-0.1, -0.05) is 90.8 Å². The topological polar surface area (TPSA) is 24.1 Å². The smallest absolute Gasteiger partial charge is 0.0269 e. The Labute approximate surface area is 225 Å². The average molecular weight is 503 g/mol. The quantitative estimate of drug-likeness (QED) is 0.0930. The van der Waals surface area contributed by atoms with E-state index in [1.807, 2.05) is 6.92 Å². The van der Waals surface area contributed by atoms with Gasteiger partial charge in [-0.05, 0) is 87.2 Å². The summed E-state index contributed by atoms with van der Waals surface area (Å²) in [6.45, 7) is 29.3. The monoisotopic (exact) mass is 502 g/mol. The average Bonchev–Trinajstić information content (AvgIpc) is 2.72. The fraction of sp³-hybridized carbons (Fsp3) is 0.750. The van der Waals surface area contributed by atoms with Crippen molar-refractivity contribution in [2.45, 2.75) is 136 Å². The van der Waals surface area contributed by atoms with Crippen molar-refractivity contribution in [1.82, 2.24) is 10.6 Å². The van der Waals surface area contributed by atoms with Gasteiger partial charge >= 0.3 is 0 Å². The van der Waals surface area contributed by atoms with Crippen molar-refractivity contribution in [2.75, 3.05) is 6.54 Å². The minimum Gasteiger partial charge on any atom is -0.388 e. The molecule has 1 aliphatic rings. The molecule has 0 aromatic heterocycles. The van der Waals surface area contributed by atoms with Gasteiger partial charge in [-0.15, -0.1) is 0 Å². The van der Waals surface area contributed by atoms with Gasteiger partial charge in [-0.2, -0.15) is 12.6 Å². The van der Waals surface area contributed by atoms with Crippen molar-refractivity contribution >= 4 is 12.6 Å². The predicted molar refractivity (Wildman–Crippen MR) is 162 cm³/mol. The Morgan fingerprint density at radius 1 is 0.857 bits per heavy atom. The van der Waals surface area contributed by atoms with E-state index in [4.69, 9.17) is 0 Å². The Bertz CT molecular complexity index is 690. The van der Waals surface area contributed by atoms with Crippen LogP contribution in [0.15, 0.2) is 48.9 Å². The zero-order valence-corrected chi connectivity index (χ0v) is 24.9. The number of hydrogen-bond acceptors (Lipinski definition) is 3. The van der Waals surface area contributed by atoms with Crippen molar-refractivity contribution < 1.29 is 0 Å². The summed E-state index contributed by atoms with van der Waals surface area (Å²) in [4.78, 5) is 0. The zero-order valence-electron chi connectivity index (χ0n) is 24.0. The second kappa shape index (κ2) is 15.9. The van der Waals surface area contributed by atoms with E-state index in [9.17, 15) is 0 Å². The van der Waals surface area contributed by atoms with Crippen LogP contribution in [0.5, 0.6) is 0 Å². The summed E-state index contributed by atoms with van der Waals surface area (Å²) in [5.41, 5.74) is 5.29. The number of allylic oxidation sites excluding steroid dienone is 4. The summed E-state index contributed by atoms with van der Waals surface area (Å²) in [7, 11) is 0. The van der Waals surface area contributed by atoms with Crippen LogP contribution in [0.3, 0.4) is 0 Å². The van der Waals surface area contributed by atoms with Crippen LogP contribution in [0.25, 0.3) is 0 Å². The van der Waals surface area contributed by atoms with Crippen LogP contribution in [0, 0.1) is 10.8 Å². The minimum absolute atomic E-state index is 0.269. The highest BCUT2D eigenvalue weighted by molar-refractivity contribution is 7.80. The molecule has 1 rings (SSSR count). The van der Waals surface area contributed by atoms with Gasteiger partial charge in [0, 0.05) is 24.0 Å². The molecule has 0 aromatic carbocycles. The molecule has 3 unspecified atom stereocenters. The van der Waals surface area contributed by atoms with Gasteiger partial charge in [0.25, 0.3) is 0 Å². The Morgan fingerprint density at radius 2 is 1.43 bits per heavy atom. The Morgan fingerprint density at radius 3 is 2.09 bits per heavy atom. The van der Waals surface area contributed by atoms with E-state index in [2.05, 4.69) is 77.3 Å². The van der Waals surface area contributed by atoms with Gasteiger partial charge in [0.2, 0.25) is 0 Å². The summed E-state index contributed by atoms with van der Waals surface area (Å²) in [5, 5.41) is 8.05. The third-order valence-electron chi connectivity index (χ3n) is 7.53. The predicted octanol–water partition coefficient (Wildman–Crippen LogP) is 9.52. The van der Waals surface area contributed by atoms with E-state index in [1.165, 1.54) is 74.8 Å². The maximum absolute atomic E-state index is 4.47. The lowest BCUT2D eigenvalue weighted by Gasteiger charge is -2.47. The van der Waals surface area contributed by atoms with Gasteiger partial charge in [-0.25, -0.2) is 0 Å². The molecule has 1 aliphatic carbocycles. The van der Waals surface area contributed by atoms with E-state index < -0.39 is 0 Å². The van der Waals surface area contributed by atoms with E-state index >= 15 is 0 Å². The van der Waals surface area contributed by atoms with E-state index in [0.29, 0.717) is 16.7 Å². The first-order chi connectivity index (χ1) is 16.3. The Balaban J connectivity index is 2.37. The molecule has 0 bridgehead atoms. The molecule has 0 radical (unpaired) electrons. The molecule has 35 heavy (non-hydrogen) atoms. The summed E-state index contributed by atoms with van der Waals surface area (Å²) in [5.74, 6) is 0. The van der Waals surface area contributed by atoms with Crippen molar-refractivity contribution in [2.24, 2.45) is 10.8 Å². The summed E-state index contributed by atoms with van der Waals surface area (Å²) in [6, 6.07) is 0.497. The minimum atomic E-state index is 0.269. The van der Waals surface area contributed by atoms with Gasteiger partial charge in [0.1, 0.15) is 0 Å². The molecule has 0 amide bonds. The van der Waals surface area contributed by atoms with E-state index in [-0.39, 0.29) is 5.41 Å². The third-order valence-corrected chi connectivity index (χ3v) is 7.79. The largest absolute Gasteiger partial charge is 0.388 e. The molecule has 2 N–H and O–H groups in total. The molecular formula is C32H58N2S. The fourth-order valence-electron chi connectivity index (χ4n) is 5.86. The van der Waals surface area contributed by atoms with Crippen LogP contribution in [-0.2, 0) is 0 Å². The maximum atomic E-state index is 4.47. The lowest BCUT2D eigenvalue weighted by molar-refractivity contribution is 0.0751. The first kappa shape index (κ1) is 31.9. The zero-order chi connectivity index (χ0) is 26.5. The van der Waals surface area contributed by atoms with Crippen LogP contribution < -0.4 is 10.6 Å². The normalized spacial score (nSPS) is 22.3. The van der Waals surface area contributed by atoms with Gasteiger partial charge in [0.05, 0.1) is 0 Å². The molecular weight excluding hydrogens is 444 g/mol. The van der Waals surface area contributed by atoms with Crippen LogP contribution in [0.1, 0.15) is 125 Å². The Kier molecular flexibility index (Phi) is 14.5. The molecule has 0 heterocycles. The van der Waals surface area contributed by atoms with Crippen molar-refractivity contribution in [3.8, 4) is 0 Å². The summed E-state index contributed by atoms with van der Waals surface area (Å²) >= 11 is 4.47. The second-order valence-electron chi connectivity index (χ2n) is 12.7. The van der Waals surface area contributed by atoms with Crippen LogP contribution in [0.2, 0.25) is 0 Å². The highest BCUT2D eigenvalue weighted by Gasteiger charge is 2.41. The van der Waals surface area contributed by atoms with E-state index in [0.717, 1.165) is 44.2 Å². The molecule has 3 atom stereocenters. The van der Waals surface area contributed by atoms with Gasteiger partial charge in [-0.3, -0.25) is 0 Å². The van der Waals surface area contributed by atoms with Crippen molar-refractivity contribution in [3.05, 3.63) is 48.9 Å². The Hall–Kier alpha value is -1.09. The lowest BCUT2D eigenvalue weighted by atomic mass is 9.62. The molecule has 1 saturated carbocycles.